The highest BCUT2D eigenvalue weighted by Gasteiger charge is 2.16. The van der Waals surface area contributed by atoms with Crippen LogP contribution in [-0.2, 0) is 9.47 Å². The molecular weight excluding hydrogens is 430 g/mol. The van der Waals surface area contributed by atoms with Gasteiger partial charge in [0.25, 0.3) is 0 Å². The quantitative estimate of drug-likeness (QED) is 0.278. The van der Waals surface area contributed by atoms with Crippen LogP contribution in [-0.4, -0.2) is 60.5 Å². The van der Waals surface area contributed by atoms with Crippen LogP contribution in [0.1, 0.15) is 32.1 Å². The summed E-state index contributed by atoms with van der Waals surface area (Å²) in [6, 6.07) is 14.9. The van der Waals surface area contributed by atoms with E-state index < -0.39 is 0 Å². The van der Waals surface area contributed by atoms with E-state index in [1.807, 2.05) is 18.2 Å². The Morgan fingerprint density at radius 3 is 2.35 bits per heavy atom. The molecule has 1 aliphatic rings. The largest absolute Gasteiger partial charge is 0.378 e. The number of hydrogen-bond acceptors (Lipinski definition) is 9. The van der Waals surface area contributed by atoms with E-state index in [1.165, 1.54) is 24.6 Å². The molecule has 0 aliphatic heterocycles. The van der Waals surface area contributed by atoms with Gasteiger partial charge in [-0.15, -0.1) is 0 Å². The standard InChI is InChI=1S/C25H35N7O2/c26-12-14-33-16-17-34-15-13-27-23-30-24(28-21-8-2-1-3-9-21)32-25(31-23)29-22-11-10-19-6-4-5-7-20(19)18-22/h4-7,10-11,18,21H,1-3,8-9,12-17,26H2,(H3,27,28,29,30,31,32). The van der Waals surface area contributed by atoms with Crippen molar-refractivity contribution in [3.05, 3.63) is 42.5 Å². The van der Waals surface area contributed by atoms with Crippen molar-refractivity contribution in [1.29, 1.82) is 0 Å². The molecule has 3 aromatic rings. The minimum absolute atomic E-state index is 0.398. The fourth-order valence-electron chi connectivity index (χ4n) is 4.04. The highest BCUT2D eigenvalue weighted by atomic mass is 16.5. The van der Waals surface area contributed by atoms with Gasteiger partial charge in [-0.3, -0.25) is 0 Å². The van der Waals surface area contributed by atoms with Crippen LogP contribution in [0, 0.1) is 0 Å². The lowest BCUT2D eigenvalue weighted by Gasteiger charge is -2.23. The van der Waals surface area contributed by atoms with Crippen molar-refractivity contribution in [3.8, 4) is 0 Å². The van der Waals surface area contributed by atoms with Crippen LogP contribution in [0.2, 0.25) is 0 Å². The number of rotatable bonds is 13. The number of fused-ring (bicyclic) bond motifs is 1. The third-order valence-corrected chi connectivity index (χ3v) is 5.74. The third-order valence-electron chi connectivity index (χ3n) is 5.74. The number of benzene rings is 2. The van der Waals surface area contributed by atoms with Crippen LogP contribution in [0.25, 0.3) is 10.8 Å². The molecule has 9 heteroatoms. The Labute approximate surface area is 200 Å². The Kier molecular flexibility index (Phi) is 9.24. The average Bonchev–Trinajstić information content (AvgIpc) is 2.86. The second-order valence-electron chi connectivity index (χ2n) is 8.41. The Bertz CT molecular complexity index is 1030. The predicted octanol–water partition coefficient (Wildman–Crippen LogP) is 3.92. The summed E-state index contributed by atoms with van der Waals surface area (Å²) in [4.78, 5) is 13.8. The molecule has 5 N–H and O–H groups in total. The van der Waals surface area contributed by atoms with E-state index in [1.54, 1.807) is 0 Å². The maximum atomic E-state index is 5.59. The first kappa shape index (κ1) is 24.1. The summed E-state index contributed by atoms with van der Waals surface area (Å²) < 4.78 is 10.9. The van der Waals surface area contributed by atoms with Gasteiger partial charge >= 0.3 is 0 Å². The number of hydrogen-bond donors (Lipinski definition) is 4. The minimum Gasteiger partial charge on any atom is -0.378 e. The van der Waals surface area contributed by atoms with Gasteiger partial charge in [-0.25, -0.2) is 0 Å². The Morgan fingerprint density at radius 1 is 0.794 bits per heavy atom. The van der Waals surface area contributed by atoms with E-state index in [9.17, 15) is 0 Å². The Hall–Kier alpha value is -3.01. The fraction of sp³-hybridized carbons (Fsp3) is 0.480. The van der Waals surface area contributed by atoms with E-state index in [4.69, 9.17) is 15.2 Å². The molecule has 1 saturated carbocycles. The van der Waals surface area contributed by atoms with E-state index >= 15 is 0 Å². The van der Waals surface area contributed by atoms with Crippen LogP contribution in [0.4, 0.5) is 23.5 Å². The number of anilines is 4. The van der Waals surface area contributed by atoms with Gasteiger partial charge in [0, 0.05) is 24.8 Å². The third kappa shape index (κ3) is 7.51. The van der Waals surface area contributed by atoms with Crippen molar-refractivity contribution < 1.29 is 9.47 Å². The van der Waals surface area contributed by atoms with Crippen molar-refractivity contribution in [1.82, 2.24) is 15.0 Å². The molecule has 0 spiro atoms. The maximum absolute atomic E-state index is 5.59. The zero-order valence-electron chi connectivity index (χ0n) is 19.6. The number of aromatic nitrogens is 3. The number of nitrogens with zero attached hydrogens (tertiary/aromatic N) is 3. The van der Waals surface area contributed by atoms with Gasteiger partial charge in [-0.05, 0) is 35.7 Å². The van der Waals surface area contributed by atoms with E-state index in [-0.39, 0.29) is 0 Å². The molecule has 0 unspecified atom stereocenters. The highest BCUT2D eigenvalue weighted by Crippen LogP contribution is 2.23. The predicted molar refractivity (Wildman–Crippen MR) is 137 cm³/mol. The van der Waals surface area contributed by atoms with Gasteiger partial charge in [-0.2, -0.15) is 15.0 Å². The minimum atomic E-state index is 0.398. The van der Waals surface area contributed by atoms with Crippen molar-refractivity contribution in [2.24, 2.45) is 5.73 Å². The summed E-state index contributed by atoms with van der Waals surface area (Å²) in [6.07, 6.45) is 6.06. The zero-order valence-corrected chi connectivity index (χ0v) is 19.6. The van der Waals surface area contributed by atoms with Gasteiger partial charge < -0.3 is 31.2 Å². The van der Waals surface area contributed by atoms with Gasteiger partial charge in [0.05, 0.1) is 26.4 Å². The van der Waals surface area contributed by atoms with Crippen molar-refractivity contribution in [2.75, 3.05) is 55.5 Å². The van der Waals surface area contributed by atoms with Crippen LogP contribution in [0.3, 0.4) is 0 Å². The van der Waals surface area contributed by atoms with Crippen molar-refractivity contribution in [3.63, 3.8) is 0 Å². The number of nitrogens with two attached hydrogens (primary N) is 1. The molecule has 1 heterocycles. The van der Waals surface area contributed by atoms with Crippen LogP contribution < -0.4 is 21.7 Å². The molecular formula is C25H35N7O2. The molecule has 1 aliphatic carbocycles. The first-order valence-electron chi connectivity index (χ1n) is 12.2. The van der Waals surface area contributed by atoms with Gasteiger partial charge in [-0.1, -0.05) is 49.6 Å². The number of nitrogens with one attached hydrogen (secondary N) is 3. The second-order valence-corrected chi connectivity index (χ2v) is 8.41. The fourth-order valence-corrected chi connectivity index (χ4v) is 4.04. The van der Waals surface area contributed by atoms with Gasteiger partial charge in [0.1, 0.15) is 0 Å². The van der Waals surface area contributed by atoms with E-state index in [0.717, 1.165) is 23.9 Å². The Balaban J connectivity index is 1.40. The molecule has 0 bridgehead atoms. The first-order valence-corrected chi connectivity index (χ1v) is 12.2. The summed E-state index contributed by atoms with van der Waals surface area (Å²) in [7, 11) is 0. The van der Waals surface area contributed by atoms with Crippen molar-refractivity contribution in [2.45, 2.75) is 38.1 Å². The summed E-state index contributed by atoms with van der Waals surface area (Å²) in [5.41, 5.74) is 6.34. The molecule has 0 radical (unpaired) electrons. The van der Waals surface area contributed by atoms with Crippen LogP contribution in [0.5, 0.6) is 0 Å². The lowest BCUT2D eigenvalue weighted by molar-refractivity contribution is 0.0547. The summed E-state index contributed by atoms with van der Waals surface area (Å²) in [5, 5.41) is 12.5. The molecule has 2 aromatic carbocycles. The Morgan fingerprint density at radius 2 is 1.53 bits per heavy atom. The molecule has 0 saturated heterocycles. The zero-order chi connectivity index (χ0) is 23.4. The maximum Gasteiger partial charge on any atom is 0.233 e. The SMILES string of the molecule is NCCOCCOCCNc1nc(Nc2ccc3ccccc3c2)nc(NC2CCCCC2)n1. The van der Waals surface area contributed by atoms with Crippen LogP contribution in [0.15, 0.2) is 42.5 Å². The molecule has 9 nitrogen and oxygen atoms in total. The molecule has 4 rings (SSSR count). The van der Waals surface area contributed by atoms with Crippen LogP contribution >= 0.6 is 0 Å². The van der Waals surface area contributed by atoms with Gasteiger partial charge in [0.15, 0.2) is 0 Å². The highest BCUT2D eigenvalue weighted by molar-refractivity contribution is 5.86. The summed E-state index contributed by atoms with van der Waals surface area (Å²) in [5.74, 6) is 1.60. The van der Waals surface area contributed by atoms with E-state index in [2.05, 4.69) is 55.2 Å². The lowest BCUT2D eigenvalue weighted by atomic mass is 9.96. The lowest BCUT2D eigenvalue weighted by Crippen LogP contribution is -2.24. The molecule has 34 heavy (non-hydrogen) atoms. The molecule has 1 aromatic heterocycles. The molecule has 182 valence electrons. The first-order chi connectivity index (χ1) is 16.8. The normalized spacial score (nSPS) is 14.3. The molecule has 1 fully saturated rings. The van der Waals surface area contributed by atoms with Crippen molar-refractivity contribution >= 4 is 34.3 Å². The van der Waals surface area contributed by atoms with E-state index in [0.29, 0.717) is 63.4 Å². The smallest absolute Gasteiger partial charge is 0.233 e. The average molecular weight is 466 g/mol. The summed E-state index contributed by atoms with van der Waals surface area (Å²) >= 11 is 0. The number of ether oxygens (including phenoxy) is 2. The van der Waals surface area contributed by atoms with Gasteiger partial charge in [0.2, 0.25) is 17.8 Å². The topological polar surface area (TPSA) is 119 Å². The monoisotopic (exact) mass is 465 g/mol. The second kappa shape index (κ2) is 13.0. The molecule has 0 amide bonds. The molecule has 0 atom stereocenters. The summed E-state index contributed by atoms with van der Waals surface area (Å²) in [6.45, 7) is 3.25.